The van der Waals surface area contributed by atoms with Gasteiger partial charge in [-0.25, -0.2) is 4.57 Å². The number of hydrogen-bond acceptors (Lipinski definition) is 2. The van der Waals surface area contributed by atoms with Crippen molar-refractivity contribution >= 4 is 23.2 Å². The van der Waals surface area contributed by atoms with Crippen LogP contribution in [0.2, 0.25) is 5.02 Å². The van der Waals surface area contributed by atoms with Gasteiger partial charge in [-0.1, -0.05) is 102 Å². The van der Waals surface area contributed by atoms with E-state index in [4.69, 9.17) is 16.3 Å². The molecule has 2 aromatic rings. The fourth-order valence-corrected chi connectivity index (χ4v) is 4.79. The number of carbonyl (C=O) groups excluding carboxylic acids is 1. The number of amides is 1. The Labute approximate surface area is 248 Å². The van der Waals surface area contributed by atoms with Crippen molar-refractivity contribution in [3.63, 3.8) is 0 Å². The summed E-state index contributed by atoms with van der Waals surface area (Å²) in [5, 5.41) is 0.544. The average Bonchev–Trinajstić information content (AvgIpc) is 2.85. The molecule has 1 heterocycles. The van der Waals surface area contributed by atoms with Crippen molar-refractivity contribution in [2.24, 2.45) is 7.05 Å². The van der Waals surface area contributed by atoms with E-state index >= 15 is 0 Å². The van der Waals surface area contributed by atoms with E-state index in [1.165, 1.54) is 83.5 Å². The minimum absolute atomic E-state index is 0. The summed E-state index contributed by atoms with van der Waals surface area (Å²) in [6, 6.07) is 9.62. The van der Waals surface area contributed by atoms with Crippen LogP contribution in [0.3, 0.4) is 0 Å². The summed E-state index contributed by atoms with van der Waals surface area (Å²) in [5.74, 6) is 0.665. The Kier molecular flexibility index (Phi) is 18.8. The number of rotatable bonds is 19. The molecule has 0 aliphatic heterocycles. The molecule has 0 bridgehead atoms. The van der Waals surface area contributed by atoms with E-state index in [1.807, 2.05) is 54.3 Å². The minimum atomic E-state index is -0.0198. The molecule has 0 atom stereocenters. The van der Waals surface area contributed by atoms with E-state index in [0.717, 1.165) is 17.7 Å². The lowest BCUT2D eigenvalue weighted by Crippen LogP contribution is -3.00. The number of benzene rings is 1. The highest BCUT2D eigenvalue weighted by Crippen LogP contribution is 2.30. The van der Waals surface area contributed by atoms with E-state index in [2.05, 4.69) is 6.92 Å². The molecule has 1 aromatic carbocycles. The van der Waals surface area contributed by atoms with Crippen LogP contribution < -0.4 is 38.2 Å². The first-order valence-corrected chi connectivity index (χ1v) is 14.5. The van der Waals surface area contributed by atoms with Crippen LogP contribution in [-0.2, 0) is 18.4 Å². The SMILES string of the molecule is CCCCCCCCCCCCCCCCOc1ccc(N(Cc2ccc[n+](C)c2)C(C)=O)cc1Cl.[I-]. The molecule has 37 heavy (non-hydrogen) atoms. The molecule has 4 nitrogen and oxygen atoms in total. The van der Waals surface area contributed by atoms with Gasteiger partial charge in [-0.15, -0.1) is 0 Å². The summed E-state index contributed by atoms with van der Waals surface area (Å²) in [6.07, 6.45) is 22.8. The molecule has 1 amide bonds. The van der Waals surface area contributed by atoms with E-state index in [-0.39, 0.29) is 29.9 Å². The molecule has 0 aliphatic carbocycles. The molecular weight excluding hydrogens is 595 g/mol. The predicted octanol–water partition coefficient (Wildman–Crippen LogP) is 5.58. The molecule has 2 rings (SSSR count). The first-order valence-electron chi connectivity index (χ1n) is 14.2. The highest BCUT2D eigenvalue weighted by molar-refractivity contribution is 6.32. The van der Waals surface area contributed by atoms with Gasteiger partial charge in [0.25, 0.3) is 0 Å². The molecular formula is C31H48ClIN2O2. The Bertz CT molecular complexity index is 893. The highest BCUT2D eigenvalue weighted by Gasteiger charge is 2.15. The third-order valence-electron chi connectivity index (χ3n) is 6.70. The Hall–Kier alpha value is -1.34. The monoisotopic (exact) mass is 642 g/mol. The van der Waals surface area contributed by atoms with Gasteiger partial charge in [0, 0.05) is 24.2 Å². The molecule has 6 heteroatoms. The molecule has 0 fully saturated rings. The van der Waals surface area contributed by atoms with Crippen molar-refractivity contribution in [1.82, 2.24) is 0 Å². The number of aryl methyl sites for hydroxylation is 1. The zero-order chi connectivity index (χ0) is 26.0. The Morgan fingerprint density at radius 2 is 1.46 bits per heavy atom. The van der Waals surface area contributed by atoms with Crippen LogP contribution in [0, 0.1) is 0 Å². The van der Waals surface area contributed by atoms with Crippen molar-refractivity contribution in [3.8, 4) is 5.75 Å². The second kappa shape index (κ2) is 20.6. The lowest BCUT2D eigenvalue weighted by molar-refractivity contribution is -0.671. The normalized spacial score (nSPS) is 10.7. The molecule has 0 radical (unpaired) electrons. The number of carbonyl (C=O) groups is 1. The van der Waals surface area contributed by atoms with Crippen LogP contribution in [-0.4, -0.2) is 12.5 Å². The second-order valence-corrected chi connectivity index (χ2v) is 10.4. The Balaban J connectivity index is 0.00000684. The number of halogens is 2. The van der Waals surface area contributed by atoms with Crippen molar-refractivity contribution in [2.75, 3.05) is 11.5 Å². The zero-order valence-corrected chi connectivity index (χ0v) is 26.2. The third-order valence-corrected chi connectivity index (χ3v) is 7.00. The van der Waals surface area contributed by atoms with Crippen LogP contribution in [0.1, 0.15) is 109 Å². The quantitative estimate of drug-likeness (QED) is 0.114. The number of unbranched alkanes of at least 4 members (excludes halogenated alkanes) is 13. The molecule has 0 unspecified atom stereocenters. The van der Waals surface area contributed by atoms with Gasteiger partial charge < -0.3 is 33.6 Å². The van der Waals surface area contributed by atoms with Crippen LogP contribution in [0.4, 0.5) is 5.69 Å². The fraction of sp³-hybridized carbons (Fsp3) is 0.613. The van der Waals surface area contributed by atoms with Crippen LogP contribution in [0.25, 0.3) is 0 Å². The molecule has 1 aromatic heterocycles. The number of anilines is 1. The van der Waals surface area contributed by atoms with E-state index in [1.54, 1.807) is 11.8 Å². The topological polar surface area (TPSA) is 33.4 Å². The molecule has 0 saturated heterocycles. The van der Waals surface area contributed by atoms with Crippen molar-refractivity contribution in [2.45, 2.75) is 110 Å². The number of ether oxygens (including phenoxy) is 1. The van der Waals surface area contributed by atoms with Crippen LogP contribution in [0.15, 0.2) is 42.7 Å². The summed E-state index contributed by atoms with van der Waals surface area (Å²) >= 11 is 6.50. The number of hydrogen-bond donors (Lipinski definition) is 0. The maximum atomic E-state index is 12.3. The zero-order valence-electron chi connectivity index (χ0n) is 23.3. The summed E-state index contributed by atoms with van der Waals surface area (Å²) < 4.78 is 7.92. The molecule has 208 valence electrons. The fourth-order valence-electron chi connectivity index (χ4n) is 4.56. The smallest absolute Gasteiger partial charge is 0.224 e. The Morgan fingerprint density at radius 1 is 0.892 bits per heavy atom. The summed E-state index contributed by atoms with van der Waals surface area (Å²) in [6.45, 7) is 5.03. The maximum Gasteiger partial charge on any atom is 0.224 e. The lowest BCUT2D eigenvalue weighted by atomic mass is 10.0. The first-order chi connectivity index (χ1) is 17.5. The second-order valence-electron chi connectivity index (χ2n) is 10.0. The van der Waals surface area contributed by atoms with Gasteiger partial charge in [0.1, 0.15) is 12.8 Å². The van der Waals surface area contributed by atoms with E-state index in [9.17, 15) is 4.79 Å². The van der Waals surface area contributed by atoms with Gasteiger partial charge in [0.05, 0.1) is 18.2 Å². The maximum absolute atomic E-state index is 12.3. The lowest BCUT2D eigenvalue weighted by Gasteiger charge is -2.21. The van der Waals surface area contributed by atoms with Gasteiger partial charge >= 0.3 is 0 Å². The summed E-state index contributed by atoms with van der Waals surface area (Å²) in [4.78, 5) is 14.0. The van der Waals surface area contributed by atoms with Gasteiger partial charge in [0.15, 0.2) is 12.4 Å². The van der Waals surface area contributed by atoms with Gasteiger partial charge in [-0.05, 0) is 30.7 Å². The number of pyridine rings is 1. The number of nitrogens with zero attached hydrogens (tertiary/aromatic N) is 2. The molecule has 0 spiro atoms. The predicted molar refractivity (Wildman–Crippen MR) is 152 cm³/mol. The minimum Gasteiger partial charge on any atom is -1.00 e. The largest absolute Gasteiger partial charge is 1.00 e. The van der Waals surface area contributed by atoms with Crippen LogP contribution in [0.5, 0.6) is 5.75 Å². The van der Waals surface area contributed by atoms with Gasteiger partial charge in [-0.3, -0.25) is 4.79 Å². The molecule has 0 aliphatic rings. The Morgan fingerprint density at radius 3 is 1.97 bits per heavy atom. The van der Waals surface area contributed by atoms with Crippen LogP contribution >= 0.6 is 11.6 Å². The molecule has 0 N–H and O–H groups in total. The average molecular weight is 643 g/mol. The van der Waals surface area contributed by atoms with E-state index in [0.29, 0.717) is 23.9 Å². The summed E-state index contributed by atoms with van der Waals surface area (Å²) in [5.41, 5.74) is 1.84. The van der Waals surface area contributed by atoms with Crippen molar-refractivity contribution < 1.29 is 38.1 Å². The van der Waals surface area contributed by atoms with Crippen molar-refractivity contribution in [3.05, 3.63) is 53.3 Å². The number of aromatic nitrogens is 1. The summed E-state index contributed by atoms with van der Waals surface area (Å²) in [7, 11) is 1.97. The van der Waals surface area contributed by atoms with Crippen molar-refractivity contribution in [1.29, 1.82) is 0 Å². The molecule has 0 saturated carbocycles. The highest BCUT2D eigenvalue weighted by atomic mass is 127. The first kappa shape index (κ1) is 33.7. The van der Waals surface area contributed by atoms with Gasteiger partial charge in [0.2, 0.25) is 5.91 Å². The standard InChI is InChI=1S/C31H48ClN2O2.HI/c1-4-5-6-7-8-9-10-11-12-13-14-15-16-17-23-36-31-21-20-29(24-30(31)32)34(27(2)35)26-28-19-18-22-33(3)25-28;/h18-22,24-25H,4-17,23,26H2,1-3H3;1H/q+1;/p-1. The van der Waals surface area contributed by atoms with E-state index < -0.39 is 0 Å². The van der Waals surface area contributed by atoms with Gasteiger partial charge in [-0.2, -0.15) is 0 Å². The third kappa shape index (κ3) is 14.4.